The number of hydrogen-bond acceptors (Lipinski definition) is 3. The molecule has 0 aliphatic rings. The van der Waals surface area contributed by atoms with Crippen LogP contribution in [0.4, 0.5) is 0 Å². The number of nitrogens with zero attached hydrogens (tertiary/aromatic N) is 1. The number of methoxy groups -OCH3 is 1. The second kappa shape index (κ2) is 6.59. The molecule has 1 amide bonds. The fourth-order valence-electron chi connectivity index (χ4n) is 3.23. The Bertz CT molecular complexity index is 957. The highest BCUT2D eigenvalue weighted by molar-refractivity contribution is 5.98. The molecule has 0 fully saturated rings. The van der Waals surface area contributed by atoms with Crippen molar-refractivity contribution in [3.05, 3.63) is 58.0 Å². The van der Waals surface area contributed by atoms with Crippen molar-refractivity contribution in [3.63, 3.8) is 0 Å². The summed E-state index contributed by atoms with van der Waals surface area (Å²) in [4.78, 5) is 20.1. The molecule has 25 heavy (non-hydrogen) atoms. The predicted molar refractivity (Wildman–Crippen MR) is 99.2 cm³/mol. The number of ether oxygens (including phenoxy) is 1. The van der Waals surface area contributed by atoms with E-state index >= 15 is 0 Å². The molecule has 130 valence electrons. The van der Waals surface area contributed by atoms with Gasteiger partial charge in [0.25, 0.3) is 5.91 Å². The highest BCUT2D eigenvalue weighted by Gasteiger charge is 2.13. The fourth-order valence-corrected chi connectivity index (χ4v) is 3.23. The maximum atomic E-state index is 12.5. The number of H-pyrrole nitrogens is 1. The van der Waals surface area contributed by atoms with E-state index in [1.807, 2.05) is 26.8 Å². The van der Waals surface area contributed by atoms with E-state index in [1.165, 1.54) is 5.56 Å². The van der Waals surface area contributed by atoms with Gasteiger partial charge in [-0.3, -0.25) is 9.78 Å². The number of amides is 1. The third-order valence-corrected chi connectivity index (χ3v) is 4.50. The molecule has 5 heteroatoms. The van der Waals surface area contributed by atoms with Crippen molar-refractivity contribution in [2.45, 2.75) is 34.2 Å². The molecule has 3 aromatic rings. The fraction of sp³-hybridized carbons (Fsp3) is 0.300. The zero-order chi connectivity index (χ0) is 18.1. The maximum absolute atomic E-state index is 12.5. The van der Waals surface area contributed by atoms with Gasteiger partial charge in [-0.15, -0.1) is 0 Å². The van der Waals surface area contributed by atoms with E-state index in [-0.39, 0.29) is 5.91 Å². The van der Waals surface area contributed by atoms with Crippen molar-refractivity contribution in [1.82, 2.24) is 15.3 Å². The van der Waals surface area contributed by atoms with Crippen LogP contribution in [-0.4, -0.2) is 23.0 Å². The Balaban J connectivity index is 1.81. The predicted octanol–water partition coefficient (Wildman–Crippen LogP) is 3.74. The van der Waals surface area contributed by atoms with Crippen molar-refractivity contribution >= 4 is 16.8 Å². The lowest BCUT2D eigenvalue weighted by atomic mass is 10.1. The lowest BCUT2D eigenvalue weighted by Gasteiger charge is -2.12. The number of aryl methyl sites for hydroxylation is 3. The summed E-state index contributed by atoms with van der Waals surface area (Å²) in [5, 5.41) is 4.00. The minimum absolute atomic E-state index is 0.144. The van der Waals surface area contributed by atoms with Crippen LogP contribution in [0.2, 0.25) is 0 Å². The van der Waals surface area contributed by atoms with Gasteiger partial charge in [0.1, 0.15) is 11.4 Å². The number of carbonyl (C=O) groups excluding carboxylic acids is 1. The third-order valence-electron chi connectivity index (χ3n) is 4.50. The van der Waals surface area contributed by atoms with E-state index in [0.29, 0.717) is 12.2 Å². The molecule has 0 atom stereocenters. The molecule has 2 heterocycles. The van der Waals surface area contributed by atoms with Gasteiger partial charge in [0.2, 0.25) is 0 Å². The topological polar surface area (TPSA) is 67.0 Å². The number of hydrogen-bond donors (Lipinski definition) is 2. The minimum Gasteiger partial charge on any atom is -0.496 e. The summed E-state index contributed by atoms with van der Waals surface area (Å²) >= 11 is 0. The molecular formula is C20H23N3O2. The molecule has 0 radical (unpaired) electrons. The summed E-state index contributed by atoms with van der Waals surface area (Å²) in [5.41, 5.74) is 6.60. The number of fused-ring (bicyclic) bond motifs is 1. The van der Waals surface area contributed by atoms with Crippen LogP contribution in [0.3, 0.4) is 0 Å². The summed E-state index contributed by atoms with van der Waals surface area (Å²) in [5.74, 6) is 0.671. The second-order valence-electron chi connectivity index (χ2n) is 6.45. The van der Waals surface area contributed by atoms with Crippen LogP contribution < -0.4 is 10.1 Å². The van der Waals surface area contributed by atoms with Gasteiger partial charge in [0, 0.05) is 28.2 Å². The maximum Gasteiger partial charge on any atom is 0.268 e. The van der Waals surface area contributed by atoms with Crippen LogP contribution in [0.1, 0.15) is 38.4 Å². The second-order valence-corrected chi connectivity index (χ2v) is 6.45. The summed E-state index contributed by atoms with van der Waals surface area (Å²) in [7, 11) is 1.65. The molecule has 2 N–H and O–H groups in total. The monoisotopic (exact) mass is 337 g/mol. The first-order chi connectivity index (χ1) is 11.9. The zero-order valence-electron chi connectivity index (χ0n) is 15.3. The van der Waals surface area contributed by atoms with Gasteiger partial charge in [0.15, 0.2) is 0 Å². The molecule has 0 aliphatic heterocycles. The van der Waals surface area contributed by atoms with Crippen molar-refractivity contribution in [2.75, 3.05) is 7.11 Å². The molecule has 0 saturated heterocycles. The largest absolute Gasteiger partial charge is 0.496 e. The average Bonchev–Trinajstić information content (AvgIpc) is 2.98. The number of aromatic amines is 1. The number of benzene rings is 1. The Morgan fingerprint density at radius 3 is 2.64 bits per heavy atom. The molecule has 3 rings (SSSR count). The Morgan fingerprint density at radius 2 is 1.92 bits per heavy atom. The molecule has 1 aromatic carbocycles. The molecule has 5 nitrogen and oxygen atoms in total. The number of pyridine rings is 1. The van der Waals surface area contributed by atoms with Gasteiger partial charge in [-0.05, 0) is 51.0 Å². The Kier molecular flexibility index (Phi) is 4.49. The van der Waals surface area contributed by atoms with Gasteiger partial charge in [0.05, 0.1) is 19.3 Å². The number of rotatable bonds is 4. The third kappa shape index (κ3) is 3.22. The molecule has 0 saturated carbocycles. The Labute approximate surface area is 147 Å². The first kappa shape index (κ1) is 17.0. The molecule has 0 unspecified atom stereocenters. The average molecular weight is 337 g/mol. The van der Waals surface area contributed by atoms with E-state index < -0.39 is 0 Å². The van der Waals surface area contributed by atoms with Crippen molar-refractivity contribution in [3.8, 4) is 5.75 Å². The standard InChI is InChI=1S/C20H23N3O2/c1-11-6-12(2)15-8-17(23-16(15)7-11)20(24)22-10-18-14(4)19(25-5)13(3)9-21-18/h6-9,23H,10H2,1-5H3,(H,22,24). The summed E-state index contributed by atoms with van der Waals surface area (Å²) in [6.07, 6.45) is 1.77. The normalized spacial score (nSPS) is 10.9. The molecule has 0 aliphatic carbocycles. The first-order valence-electron chi connectivity index (χ1n) is 8.28. The summed E-state index contributed by atoms with van der Waals surface area (Å²) in [6, 6.07) is 6.06. The highest BCUT2D eigenvalue weighted by Crippen LogP contribution is 2.24. The van der Waals surface area contributed by atoms with Crippen molar-refractivity contribution < 1.29 is 9.53 Å². The van der Waals surface area contributed by atoms with Crippen molar-refractivity contribution in [1.29, 1.82) is 0 Å². The molecule has 2 aromatic heterocycles. The quantitative estimate of drug-likeness (QED) is 0.762. The van der Waals surface area contributed by atoms with Gasteiger partial charge < -0.3 is 15.0 Å². The molecule has 0 bridgehead atoms. The smallest absolute Gasteiger partial charge is 0.268 e. The first-order valence-corrected chi connectivity index (χ1v) is 8.28. The van der Waals surface area contributed by atoms with Gasteiger partial charge >= 0.3 is 0 Å². The van der Waals surface area contributed by atoms with Crippen LogP contribution in [0, 0.1) is 27.7 Å². The van der Waals surface area contributed by atoms with Crippen LogP contribution >= 0.6 is 0 Å². The van der Waals surface area contributed by atoms with Crippen LogP contribution in [0.15, 0.2) is 24.4 Å². The van der Waals surface area contributed by atoms with E-state index in [2.05, 4.69) is 34.3 Å². The van der Waals surface area contributed by atoms with Gasteiger partial charge in [-0.25, -0.2) is 0 Å². The lowest BCUT2D eigenvalue weighted by molar-refractivity contribution is 0.0946. The van der Waals surface area contributed by atoms with Gasteiger partial charge in [-0.1, -0.05) is 6.07 Å². The van der Waals surface area contributed by atoms with Gasteiger partial charge in [-0.2, -0.15) is 0 Å². The lowest BCUT2D eigenvalue weighted by Crippen LogP contribution is -2.24. The van der Waals surface area contributed by atoms with E-state index in [4.69, 9.17) is 4.74 Å². The number of carbonyl (C=O) groups is 1. The summed E-state index contributed by atoms with van der Waals surface area (Å²) in [6.45, 7) is 8.36. The highest BCUT2D eigenvalue weighted by atomic mass is 16.5. The van der Waals surface area contributed by atoms with Crippen LogP contribution in [-0.2, 0) is 6.54 Å². The number of nitrogens with one attached hydrogen (secondary N) is 2. The SMILES string of the molecule is COc1c(C)cnc(CNC(=O)c2cc3c(C)cc(C)cc3[nH]2)c1C. The van der Waals surface area contributed by atoms with Crippen molar-refractivity contribution in [2.24, 2.45) is 0 Å². The van der Waals surface area contributed by atoms with Crippen LogP contribution in [0.25, 0.3) is 10.9 Å². The van der Waals surface area contributed by atoms with E-state index in [9.17, 15) is 4.79 Å². The Morgan fingerprint density at radius 1 is 1.16 bits per heavy atom. The zero-order valence-corrected chi connectivity index (χ0v) is 15.3. The minimum atomic E-state index is -0.144. The Hall–Kier alpha value is -2.82. The van der Waals surface area contributed by atoms with Crippen LogP contribution in [0.5, 0.6) is 5.75 Å². The number of aromatic nitrogens is 2. The molecular weight excluding hydrogens is 314 g/mol. The summed E-state index contributed by atoms with van der Waals surface area (Å²) < 4.78 is 5.41. The van der Waals surface area contributed by atoms with E-state index in [0.717, 1.165) is 39.0 Å². The van der Waals surface area contributed by atoms with E-state index in [1.54, 1.807) is 13.3 Å². The molecule has 0 spiro atoms.